The number of carbonyl (C=O) groups excluding carboxylic acids is 1. The van der Waals surface area contributed by atoms with E-state index < -0.39 is 0 Å². The molecule has 0 radical (unpaired) electrons. The number of carbonyl (C=O) groups is 1. The number of nitrogens with zero attached hydrogens (tertiary/aromatic N) is 4. The lowest BCUT2D eigenvalue weighted by Gasteiger charge is -2.31. The van der Waals surface area contributed by atoms with Gasteiger partial charge in [-0.2, -0.15) is 5.10 Å². The van der Waals surface area contributed by atoms with E-state index in [0.717, 1.165) is 46.4 Å². The van der Waals surface area contributed by atoms with E-state index in [0.29, 0.717) is 31.5 Å². The van der Waals surface area contributed by atoms with Gasteiger partial charge in [-0.1, -0.05) is 50.2 Å². The van der Waals surface area contributed by atoms with Gasteiger partial charge in [-0.3, -0.25) is 0 Å². The minimum absolute atomic E-state index is 0.222. The first-order valence-corrected chi connectivity index (χ1v) is 13.8. The number of piperidine rings is 1. The topological polar surface area (TPSA) is 75.5 Å². The fourth-order valence-corrected chi connectivity index (χ4v) is 5.96. The Hall–Kier alpha value is -4.13. The third-order valence-electron chi connectivity index (χ3n) is 8.27. The summed E-state index contributed by atoms with van der Waals surface area (Å²) < 4.78 is 7.44. The minimum atomic E-state index is -0.222. The first-order chi connectivity index (χ1) is 18.9. The second-order valence-electron chi connectivity index (χ2n) is 11.0. The van der Waals surface area contributed by atoms with Crippen molar-refractivity contribution in [2.24, 2.45) is 0 Å². The minimum Gasteiger partial charge on any atom is -0.445 e. The summed E-state index contributed by atoms with van der Waals surface area (Å²) in [6, 6.07) is 16.7. The van der Waals surface area contributed by atoms with E-state index in [2.05, 4.69) is 67.2 Å². The zero-order valence-electron chi connectivity index (χ0n) is 23.1. The van der Waals surface area contributed by atoms with Crippen molar-refractivity contribution in [3.63, 3.8) is 0 Å². The lowest BCUT2D eigenvalue weighted by Crippen LogP contribution is -2.38. The number of fused-ring (bicyclic) bond motifs is 2. The Kier molecular flexibility index (Phi) is 6.59. The van der Waals surface area contributed by atoms with E-state index >= 15 is 0 Å². The van der Waals surface area contributed by atoms with Gasteiger partial charge in [-0.15, -0.1) is 0 Å². The van der Waals surface area contributed by atoms with Crippen LogP contribution in [-0.2, 0) is 11.3 Å². The number of benzene rings is 2. The van der Waals surface area contributed by atoms with Gasteiger partial charge < -0.3 is 14.6 Å². The number of aromatic amines is 1. The number of ether oxygens (including phenoxy) is 1. The number of aromatic nitrogens is 4. The van der Waals surface area contributed by atoms with Crippen molar-refractivity contribution in [3.05, 3.63) is 88.9 Å². The molecule has 1 aliphatic rings. The number of hydrogen-bond donors (Lipinski definition) is 1. The van der Waals surface area contributed by atoms with Gasteiger partial charge in [-0.05, 0) is 78.5 Å². The van der Waals surface area contributed by atoms with Crippen molar-refractivity contribution in [3.8, 4) is 11.3 Å². The van der Waals surface area contributed by atoms with Gasteiger partial charge in [0.25, 0.3) is 0 Å². The second-order valence-corrected chi connectivity index (χ2v) is 11.0. The number of rotatable bonds is 5. The molecule has 200 valence electrons. The molecule has 5 aromatic rings. The van der Waals surface area contributed by atoms with Gasteiger partial charge in [0.1, 0.15) is 12.9 Å². The maximum atomic E-state index is 12.7. The van der Waals surface area contributed by atoms with E-state index in [1.807, 2.05) is 39.7 Å². The molecule has 0 atom stereocenters. The molecular weight excluding hydrogens is 486 g/mol. The predicted molar refractivity (Wildman–Crippen MR) is 154 cm³/mol. The Morgan fingerprint density at radius 3 is 2.59 bits per heavy atom. The molecule has 39 heavy (non-hydrogen) atoms. The zero-order chi connectivity index (χ0) is 27.1. The Balaban J connectivity index is 1.24. The Bertz CT molecular complexity index is 1640. The standard InChI is InChI=1S/C32H35N5O2/c1-20(2)29-26-16-25(24-12-14-36(15-13-24)32(38)39-18-23-8-6-5-7-9-23)10-11-28(26)35-30(29)27-17-37-31(33-19-34-37)22(4)21(27)3/h5-11,16-17,19-20,24,35H,12-15,18H2,1-4H3. The van der Waals surface area contributed by atoms with Crippen LogP contribution >= 0.6 is 0 Å². The molecule has 0 saturated carbocycles. The van der Waals surface area contributed by atoms with E-state index in [9.17, 15) is 4.79 Å². The van der Waals surface area contributed by atoms with Crippen LogP contribution in [0.2, 0.25) is 0 Å². The summed E-state index contributed by atoms with van der Waals surface area (Å²) in [5.41, 5.74) is 10.4. The maximum absolute atomic E-state index is 12.7. The molecule has 6 rings (SSSR count). The first kappa shape index (κ1) is 25.2. The summed E-state index contributed by atoms with van der Waals surface area (Å²) in [4.78, 5) is 22.7. The van der Waals surface area contributed by atoms with E-state index in [-0.39, 0.29) is 6.09 Å². The average molecular weight is 522 g/mol. The lowest BCUT2D eigenvalue weighted by atomic mass is 9.87. The Labute approximate surface area is 228 Å². The fraction of sp³-hybridized carbons (Fsp3) is 0.344. The molecule has 0 unspecified atom stereocenters. The van der Waals surface area contributed by atoms with Crippen LogP contribution in [-0.4, -0.2) is 43.7 Å². The summed E-state index contributed by atoms with van der Waals surface area (Å²) in [7, 11) is 0. The third-order valence-corrected chi connectivity index (χ3v) is 8.27. The highest BCUT2D eigenvalue weighted by Crippen LogP contribution is 2.40. The van der Waals surface area contributed by atoms with Crippen molar-refractivity contribution in [1.82, 2.24) is 24.5 Å². The van der Waals surface area contributed by atoms with Crippen molar-refractivity contribution in [1.29, 1.82) is 0 Å². The molecule has 1 amide bonds. The van der Waals surface area contributed by atoms with Gasteiger partial charge in [0, 0.05) is 35.8 Å². The van der Waals surface area contributed by atoms with E-state index in [1.54, 1.807) is 6.33 Å². The first-order valence-electron chi connectivity index (χ1n) is 13.8. The fourth-order valence-electron chi connectivity index (χ4n) is 5.96. The number of likely N-dealkylation sites (tertiary alicyclic amines) is 1. The quantitative estimate of drug-likeness (QED) is 0.267. The van der Waals surface area contributed by atoms with Crippen molar-refractivity contribution in [2.45, 2.75) is 59.0 Å². The van der Waals surface area contributed by atoms with Crippen molar-refractivity contribution < 1.29 is 9.53 Å². The van der Waals surface area contributed by atoms with Crippen LogP contribution in [0.4, 0.5) is 4.79 Å². The molecular formula is C32H35N5O2. The molecule has 1 N–H and O–H groups in total. The molecule has 7 heteroatoms. The molecule has 1 saturated heterocycles. The number of pyridine rings is 1. The van der Waals surface area contributed by atoms with Crippen LogP contribution in [0.3, 0.4) is 0 Å². The highest BCUT2D eigenvalue weighted by Gasteiger charge is 2.26. The van der Waals surface area contributed by atoms with Crippen LogP contribution < -0.4 is 0 Å². The summed E-state index contributed by atoms with van der Waals surface area (Å²) in [5.74, 6) is 0.762. The normalized spacial score (nSPS) is 14.5. The number of nitrogens with one attached hydrogen (secondary N) is 1. The van der Waals surface area contributed by atoms with Crippen molar-refractivity contribution in [2.75, 3.05) is 13.1 Å². The molecule has 0 bridgehead atoms. The van der Waals surface area contributed by atoms with Crippen LogP contribution in [0.5, 0.6) is 0 Å². The summed E-state index contributed by atoms with van der Waals surface area (Å²) in [5, 5.41) is 5.69. The Morgan fingerprint density at radius 1 is 1.08 bits per heavy atom. The monoisotopic (exact) mass is 521 g/mol. The van der Waals surface area contributed by atoms with Crippen LogP contribution in [0, 0.1) is 13.8 Å². The predicted octanol–water partition coefficient (Wildman–Crippen LogP) is 7.13. The third kappa shape index (κ3) is 4.67. The van der Waals surface area contributed by atoms with Gasteiger partial charge in [-0.25, -0.2) is 14.3 Å². The number of hydrogen-bond acceptors (Lipinski definition) is 4. The molecule has 3 aromatic heterocycles. The number of amides is 1. The summed E-state index contributed by atoms with van der Waals surface area (Å²) in [6.07, 6.45) is 5.35. The van der Waals surface area contributed by atoms with E-state index in [4.69, 9.17) is 4.74 Å². The molecule has 1 fully saturated rings. The highest BCUT2D eigenvalue weighted by atomic mass is 16.6. The number of aryl methyl sites for hydroxylation is 1. The number of H-pyrrole nitrogens is 1. The molecule has 2 aromatic carbocycles. The molecule has 0 spiro atoms. The average Bonchev–Trinajstić information content (AvgIpc) is 3.59. The van der Waals surface area contributed by atoms with Crippen LogP contribution in [0.15, 0.2) is 61.1 Å². The SMILES string of the molecule is Cc1c(-c2[nH]c3ccc(C4CCN(C(=O)OCc5ccccc5)CC4)cc3c2C(C)C)cn2ncnc2c1C. The zero-order valence-corrected chi connectivity index (χ0v) is 23.1. The Morgan fingerprint density at radius 2 is 1.85 bits per heavy atom. The molecule has 0 aliphatic carbocycles. The summed E-state index contributed by atoms with van der Waals surface area (Å²) in [6.45, 7) is 10.5. The smallest absolute Gasteiger partial charge is 0.410 e. The molecule has 1 aliphatic heterocycles. The van der Waals surface area contributed by atoms with Crippen LogP contribution in [0.25, 0.3) is 27.8 Å². The maximum Gasteiger partial charge on any atom is 0.410 e. The van der Waals surface area contributed by atoms with E-state index in [1.165, 1.54) is 22.1 Å². The van der Waals surface area contributed by atoms with Gasteiger partial charge in [0.05, 0.1) is 5.69 Å². The van der Waals surface area contributed by atoms with Gasteiger partial charge >= 0.3 is 6.09 Å². The van der Waals surface area contributed by atoms with Gasteiger partial charge in [0.2, 0.25) is 0 Å². The molecule has 7 nitrogen and oxygen atoms in total. The summed E-state index contributed by atoms with van der Waals surface area (Å²) >= 11 is 0. The van der Waals surface area contributed by atoms with Crippen molar-refractivity contribution >= 4 is 22.6 Å². The second kappa shape index (κ2) is 10.2. The molecule has 4 heterocycles. The highest BCUT2D eigenvalue weighted by molar-refractivity contribution is 5.92. The largest absolute Gasteiger partial charge is 0.445 e. The van der Waals surface area contributed by atoms with Gasteiger partial charge in [0.15, 0.2) is 5.65 Å². The van der Waals surface area contributed by atoms with Crippen LogP contribution in [0.1, 0.15) is 66.3 Å². The lowest BCUT2D eigenvalue weighted by molar-refractivity contribution is 0.0870.